The highest BCUT2D eigenvalue weighted by atomic mass is 32.2. The molecule has 1 N–H and O–H groups in total. The molecule has 0 spiro atoms. The monoisotopic (exact) mass is 380 g/mol. The van der Waals surface area contributed by atoms with Crippen LogP contribution in [0.4, 0.5) is 4.79 Å². The maximum Gasteiger partial charge on any atom is 0.290 e. The largest absolute Gasteiger partial charge is 0.456 e. The third kappa shape index (κ3) is 2.49. The first-order valence-corrected chi connectivity index (χ1v) is 9.07. The zero-order valence-electron chi connectivity index (χ0n) is 12.9. The van der Waals surface area contributed by atoms with Crippen LogP contribution in [0.1, 0.15) is 5.76 Å². The lowest BCUT2D eigenvalue weighted by atomic mass is 10.1. The fourth-order valence-corrected chi connectivity index (χ4v) is 3.94. The zero-order chi connectivity index (χ0) is 17.7. The Morgan fingerprint density at radius 3 is 2.81 bits per heavy atom. The number of carbonyl (C=O) groups is 2. The second kappa shape index (κ2) is 5.75. The zero-order valence-corrected chi connectivity index (χ0v) is 14.6. The standard InChI is InChI=1S/C17H8N4O3S2/c22-16-14(25-17(23)19-16)5-10-3-9-6-18-7-11(15(9)24-10)8-1-2-12-13(4-8)21-26-20-12/h1-7H,(H,19,22,23)/b14-5+. The van der Waals surface area contributed by atoms with Crippen molar-refractivity contribution < 1.29 is 14.0 Å². The smallest absolute Gasteiger partial charge is 0.290 e. The third-order valence-corrected chi connectivity index (χ3v) is 5.29. The van der Waals surface area contributed by atoms with Crippen molar-refractivity contribution in [2.24, 2.45) is 0 Å². The van der Waals surface area contributed by atoms with Crippen molar-refractivity contribution >= 4 is 62.7 Å². The molecule has 4 heterocycles. The van der Waals surface area contributed by atoms with Crippen molar-refractivity contribution in [3.05, 3.63) is 47.3 Å². The fourth-order valence-electron chi connectivity index (χ4n) is 2.76. The molecule has 26 heavy (non-hydrogen) atoms. The van der Waals surface area contributed by atoms with Gasteiger partial charge in [0.2, 0.25) is 0 Å². The maximum atomic E-state index is 11.7. The summed E-state index contributed by atoms with van der Waals surface area (Å²) in [4.78, 5) is 27.6. The van der Waals surface area contributed by atoms with Crippen LogP contribution in [-0.4, -0.2) is 24.9 Å². The molecule has 1 aromatic carbocycles. The lowest BCUT2D eigenvalue weighted by molar-refractivity contribution is -0.115. The number of pyridine rings is 1. The number of nitrogens with one attached hydrogen (secondary N) is 1. The van der Waals surface area contributed by atoms with E-state index in [1.54, 1.807) is 24.5 Å². The summed E-state index contributed by atoms with van der Waals surface area (Å²) in [5, 5.41) is 2.65. The highest BCUT2D eigenvalue weighted by Gasteiger charge is 2.25. The lowest BCUT2D eigenvalue weighted by Crippen LogP contribution is -2.17. The Morgan fingerprint density at radius 2 is 1.96 bits per heavy atom. The van der Waals surface area contributed by atoms with Gasteiger partial charge in [-0.05, 0) is 35.5 Å². The highest BCUT2D eigenvalue weighted by molar-refractivity contribution is 8.18. The van der Waals surface area contributed by atoms with E-state index in [0.717, 1.165) is 39.3 Å². The van der Waals surface area contributed by atoms with Crippen molar-refractivity contribution in [2.45, 2.75) is 0 Å². The summed E-state index contributed by atoms with van der Waals surface area (Å²) in [6.07, 6.45) is 4.98. The Hall–Kier alpha value is -3.04. The molecule has 1 aliphatic heterocycles. The van der Waals surface area contributed by atoms with Gasteiger partial charge < -0.3 is 4.42 Å². The van der Waals surface area contributed by atoms with Crippen LogP contribution in [0.25, 0.3) is 39.2 Å². The molecule has 1 saturated heterocycles. The lowest BCUT2D eigenvalue weighted by Gasteiger charge is -2.01. The van der Waals surface area contributed by atoms with Crippen LogP contribution in [-0.2, 0) is 4.79 Å². The van der Waals surface area contributed by atoms with Crippen molar-refractivity contribution in [2.75, 3.05) is 0 Å². The highest BCUT2D eigenvalue weighted by Crippen LogP contribution is 2.33. The minimum atomic E-state index is -0.416. The number of rotatable bonds is 2. The molecular weight excluding hydrogens is 372 g/mol. The second-order valence-electron chi connectivity index (χ2n) is 5.57. The molecule has 0 bridgehead atoms. The van der Waals surface area contributed by atoms with E-state index < -0.39 is 5.91 Å². The van der Waals surface area contributed by atoms with Gasteiger partial charge in [-0.25, -0.2) is 0 Å². The van der Waals surface area contributed by atoms with E-state index in [2.05, 4.69) is 19.0 Å². The summed E-state index contributed by atoms with van der Waals surface area (Å²) in [5.41, 5.74) is 4.06. The number of thioether (sulfide) groups is 1. The SMILES string of the molecule is O=C1NC(=O)/C(=C\c2cc3cncc(-c4ccc5nsnc5c4)c3o2)S1. The molecule has 0 unspecified atom stereocenters. The van der Waals surface area contributed by atoms with Gasteiger partial charge in [0.05, 0.1) is 16.6 Å². The topological polar surface area (TPSA) is 98.0 Å². The van der Waals surface area contributed by atoms with Crippen LogP contribution in [0.5, 0.6) is 0 Å². The Morgan fingerprint density at radius 1 is 1.08 bits per heavy atom. The molecule has 1 aliphatic rings. The van der Waals surface area contributed by atoms with Crippen molar-refractivity contribution in [3.8, 4) is 11.1 Å². The maximum absolute atomic E-state index is 11.7. The van der Waals surface area contributed by atoms with Crippen LogP contribution in [0.15, 0.2) is 46.0 Å². The van der Waals surface area contributed by atoms with Crippen molar-refractivity contribution in [1.82, 2.24) is 19.0 Å². The van der Waals surface area contributed by atoms with Crippen LogP contribution >= 0.6 is 23.5 Å². The Bertz CT molecular complexity index is 1240. The number of hydrogen-bond donors (Lipinski definition) is 1. The molecule has 4 aromatic rings. The minimum absolute atomic E-state index is 0.304. The Balaban J connectivity index is 1.63. The van der Waals surface area contributed by atoms with Crippen LogP contribution < -0.4 is 5.32 Å². The number of amides is 2. The first-order valence-electron chi connectivity index (χ1n) is 7.52. The Kier molecular flexibility index (Phi) is 3.37. The van der Waals surface area contributed by atoms with Crippen LogP contribution in [0, 0.1) is 0 Å². The van der Waals surface area contributed by atoms with E-state index in [0.29, 0.717) is 16.2 Å². The number of furan rings is 1. The first-order chi connectivity index (χ1) is 12.7. The molecular formula is C17H8N4O3S2. The quantitative estimate of drug-likeness (QED) is 0.528. The normalized spacial score (nSPS) is 16.1. The summed E-state index contributed by atoms with van der Waals surface area (Å²) < 4.78 is 14.4. The van der Waals surface area contributed by atoms with Crippen molar-refractivity contribution in [3.63, 3.8) is 0 Å². The summed E-state index contributed by atoms with van der Waals surface area (Å²) in [5.74, 6) is 0.0679. The van der Waals surface area contributed by atoms with Gasteiger partial charge in [-0.2, -0.15) is 8.75 Å². The average Bonchev–Trinajstić information content (AvgIpc) is 3.32. The van der Waals surface area contributed by atoms with Gasteiger partial charge in [0, 0.05) is 29.4 Å². The number of benzene rings is 1. The van der Waals surface area contributed by atoms with E-state index in [9.17, 15) is 9.59 Å². The van der Waals surface area contributed by atoms with Gasteiger partial charge in [0.1, 0.15) is 22.4 Å². The number of carbonyl (C=O) groups excluding carboxylic acids is 2. The molecule has 3 aromatic heterocycles. The number of imide groups is 1. The fraction of sp³-hybridized carbons (Fsp3) is 0. The molecule has 5 rings (SSSR count). The third-order valence-electron chi connectivity index (χ3n) is 3.92. The first kappa shape index (κ1) is 15.2. The predicted octanol–water partition coefficient (Wildman–Crippen LogP) is 3.82. The molecule has 7 nitrogen and oxygen atoms in total. The van der Waals surface area contributed by atoms with Crippen molar-refractivity contribution in [1.29, 1.82) is 0 Å². The number of aromatic nitrogens is 3. The molecule has 0 aliphatic carbocycles. The summed E-state index contributed by atoms with van der Waals surface area (Å²) in [6, 6.07) is 7.58. The van der Waals surface area contributed by atoms with Gasteiger partial charge in [0.25, 0.3) is 11.1 Å². The van der Waals surface area contributed by atoms with E-state index in [-0.39, 0.29) is 5.24 Å². The summed E-state index contributed by atoms with van der Waals surface area (Å²) in [7, 11) is 0. The molecule has 1 fully saturated rings. The molecule has 9 heteroatoms. The molecule has 0 atom stereocenters. The van der Waals surface area contributed by atoms with Gasteiger partial charge in [-0.1, -0.05) is 6.07 Å². The van der Waals surface area contributed by atoms with Gasteiger partial charge in [-0.3, -0.25) is 19.9 Å². The van der Waals surface area contributed by atoms with E-state index in [4.69, 9.17) is 4.42 Å². The van der Waals surface area contributed by atoms with Crippen LogP contribution in [0.2, 0.25) is 0 Å². The minimum Gasteiger partial charge on any atom is -0.456 e. The number of nitrogens with zero attached hydrogens (tertiary/aromatic N) is 3. The van der Waals surface area contributed by atoms with Gasteiger partial charge in [-0.15, -0.1) is 0 Å². The van der Waals surface area contributed by atoms with Gasteiger partial charge in [0.15, 0.2) is 0 Å². The van der Waals surface area contributed by atoms with Crippen LogP contribution in [0.3, 0.4) is 0 Å². The molecule has 0 radical (unpaired) electrons. The second-order valence-corrected chi connectivity index (χ2v) is 7.12. The van der Waals surface area contributed by atoms with Gasteiger partial charge >= 0.3 is 0 Å². The summed E-state index contributed by atoms with van der Waals surface area (Å²) >= 11 is 2.02. The Labute approximate surface area is 154 Å². The average molecular weight is 380 g/mol. The number of fused-ring (bicyclic) bond motifs is 2. The van der Waals surface area contributed by atoms with E-state index in [1.165, 1.54) is 11.7 Å². The van der Waals surface area contributed by atoms with E-state index in [1.807, 2.05) is 18.2 Å². The summed E-state index contributed by atoms with van der Waals surface area (Å²) in [6.45, 7) is 0. The predicted molar refractivity (Wildman–Crippen MR) is 99.5 cm³/mol. The van der Waals surface area contributed by atoms with E-state index >= 15 is 0 Å². The molecule has 126 valence electrons. The number of hydrogen-bond acceptors (Lipinski definition) is 8. The molecule has 2 amide bonds. The molecule has 0 saturated carbocycles.